The average Bonchev–Trinajstić information content (AvgIpc) is 2.92. The van der Waals surface area contributed by atoms with Gasteiger partial charge in [-0.2, -0.15) is 0 Å². The molecule has 0 saturated carbocycles. The zero-order valence-electron chi connectivity index (χ0n) is 10.4. The summed E-state index contributed by atoms with van der Waals surface area (Å²) < 4.78 is 14.9. The Labute approximate surface area is 129 Å². The molecule has 0 fully saturated rings. The first kappa shape index (κ1) is 15.0. The Balaban J connectivity index is 2.41. The van der Waals surface area contributed by atoms with Crippen molar-refractivity contribution in [1.82, 2.24) is 5.32 Å². The molecule has 0 aliphatic heterocycles. The molecule has 0 bridgehead atoms. The first-order valence-corrected chi connectivity index (χ1v) is 8.10. The van der Waals surface area contributed by atoms with E-state index in [2.05, 4.69) is 28.2 Å². The van der Waals surface area contributed by atoms with Gasteiger partial charge in [0.15, 0.2) is 0 Å². The van der Waals surface area contributed by atoms with Crippen LogP contribution in [-0.2, 0) is 0 Å². The molecule has 1 aromatic heterocycles. The third kappa shape index (κ3) is 3.37. The molecular weight excluding hydrogens is 349 g/mol. The maximum Gasteiger partial charge on any atom is 0.148 e. The van der Waals surface area contributed by atoms with Gasteiger partial charge in [0.05, 0.1) is 11.1 Å². The van der Waals surface area contributed by atoms with E-state index in [0.717, 1.165) is 17.8 Å². The lowest BCUT2D eigenvalue weighted by Gasteiger charge is -2.19. The van der Waals surface area contributed by atoms with Gasteiger partial charge in [-0.15, -0.1) is 11.3 Å². The molecule has 1 atom stereocenters. The summed E-state index contributed by atoms with van der Waals surface area (Å²) in [5.74, 6) is -0.363. The van der Waals surface area contributed by atoms with Crippen LogP contribution in [0.5, 0.6) is 0 Å². The van der Waals surface area contributed by atoms with Crippen LogP contribution in [0.1, 0.15) is 29.8 Å². The van der Waals surface area contributed by atoms with E-state index in [1.165, 1.54) is 0 Å². The van der Waals surface area contributed by atoms with Gasteiger partial charge in [-0.1, -0.05) is 30.7 Å². The topological polar surface area (TPSA) is 12.0 Å². The van der Waals surface area contributed by atoms with Gasteiger partial charge in [-0.3, -0.25) is 0 Å². The number of benzene rings is 1. The first-order valence-electron chi connectivity index (χ1n) is 6.05. The van der Waals surface area contributed by atoms with Gasteiger partial charge >= 0.3 is 0 Å². The van der Waals surface area contributed by atoms with Crippen LogP contribution in [0.25, 0.3) is 0 Å². The molecule has 1 N–H and O–H groups in total. The van der Waals surface area contributed by atoms with Crippen LogP contribution < -0.4 is 5.32 Å². The number of hydrogen-bond acceptors (Lipinski definition) is 2. The maximum absolute atomic E-state index is 14.3. The van der Waals surface area contributed by atoms with E-state index in [-0.39, 0.29) is 16.9 Å². The van der Waals surface area contributed by atoms with E-state index < -0.39 is 0 Å². The van der Waals surface area contributed by atoms with E-state index in [0.29, 0.717) is 10.0 Å². The lowest BCUT2D eigenvalue weighted by molar-refractivity contribution is 0.551. The first-order chi connectivity index (χ1) is 9.15. The van der Waals surface area contributed by atoms with Gasteiger partial charge in [-0.05, 0) is 46.4 Å². The second kappa shape index (κ2) is 6.84. The highest BCUT2D eigenvalue weighted by Crippen LogP contribution is 2.34. The summed E-state index contributed by atoms with van der Waals surface area (Å²) in [5.41, 5.74) is 0.587. The highest BCUT2D eigenvalue weighted by molar-refractivity contribution is 9.10. The monoisotopic (exact) mass is 361 g/mol. The van der Waals surface area contributed by atoms with Gasteiger partial charge in [-0.25, -0.2) is 4.39 Å². The van der Waals surface area contributed by atoms with E-state index in [1.54, 1.807) is 23.5 Å². The number of thiophene rings is 1. The molecule has 2 rings (SSSR count). The predicted octanol–water partition coefficient (Wildman–Crippen LogP) is 5.39. The fourth-order valence-electron chi connectivity index (χ4n) is 1.87. The molecule has 19 heavy (non-hydrogen) atoms. The molecule has 102 valence electrons. The second-order valence-corrected chi connectivity index (χ2v) is 6.38. The summed E-state index contributed by atoms with van der Waals surface area (Å²) >= 11 is 10.8. The van der Waals surface area contributed by atoms with Gasteiger partial charge in [0, 0.05) is 14.9 Å². The summed E-state index contributed by atoms with van der Waals surface area (Å²) in [6.07, 6.45) is 0.994. The Bertz CT molecular complexity index is 545. The summed E-state index contributed by atoms with van der Waals surface area (Å²) in [6.45, 7) is 2.92. The third-order valence-corrected chi connectivity index (χ3v) is 5.00. The Morgan fingerprint density at radius 3 is 2.84 bits per heavy atom. The SMILES string of the molecule is CCCNC(c1cccs1)c1ccc(Br)c(Cl)c1F. The van der Waals surface area contributed by atoms with Crippen molar-refractivity contribution in [2.45, 2.75) is 19.4 Å². The highest BCUT2D eigenvalue weighted by atomic mass is 79.9. The van der Waals surface area contributed by atoms with Crippen molar-refractivity contribution in [1.29, 1.82) is 0 Å². The van der Waals surface area contributed by atoms with E-state index in [9.17, 15) is 4.39 Å². The van der Waals surface area contributed by atoms with Crippen molar-refractivity contribution in [2.24, 2.45) is 0 Å². The number of hydrogen-bond donors (Lipinski definition) is 1. The molecule has 0 spiro atoms. The molecule has 0 amide bonds. The normalized spacial score (nSPS) is 12.6. The average molecular weight is 363 g/mol. The maximum atomic E-state index is 14.3. The van der Waals surface area contributed by atoms with Gasteiger partial charge in [0.1, 0.15) is 5.82 Å². The zero-order valence-corrected chi connectivity index (χ0v) is 13.6. The second-order valence-electron chi connectivity index (χ2n) is 4.17. The van der Waals surface area contributed by atoms with Crippen LogP contribution >= 0.6 is 38.9 Å². The molecule has 5 heteroatoms. The highest BCUT2D eigenvalue weighted by Gasteiger charge is 2.20. The lowest BCUT2D eigenvalue weighted by atomic mass is 10.0. The van der Waals surface area contributed by atoms with Crippen LogP contribution in [0.15, 0.2) is 34.1 Å². The molecule has 2 aromatic rings. The van der Waals surface area contributed by atoms with Crippen LogP contribution in [-0.4, -0.2) is 6.54 Å². The minimum Gasteiger partial charge on any atom is -0.306 e. The molecule has 0 aliphatic carbocycles. The van der Waals surface area contributed by atoms with Crippen molar-refractivity contribution in [2.75, 3.05) is 6.54 Å². The molecule has 1 heterocycles. The van der Waals surface area contributed by atoms with Crippen molar-refractivity contribution in [3.05, 3.63) is 55.4 Å². The Morgan fingerprint density at radius 2 is 2.21 bits per heavy atom. The van der Waals surface area contributed by atoms with Gasteiger partial charge in [0.25, 0.3) is 0 Å². The van der Waals surface area contributed by atoms with E-state index >= 15 is 0 Å². The number of nitrogens with one attached hydrogen (secondary N) is 1. The van der Waals surface area contributed by atoms with Crippen molar-refractivity contribution in [3.63, 3.8) is 0 Å². The smallest absolute Gasteiger partial charge is 0.148 e. The van der Waals surface area contributed by atoms with Crippen molar-refractivity contribution >= 4 is 38.9 Å². The largest absolute Gasteiger partial charge is 0.306 e. The summed E-state index contributed by atoms with van der Waals surface area (Å²) in [4.78, 5) is 1.09. The molecular formula is C14H14BrClFNS. The quantitative estimate of drug-likeness (QED) is 0.703. The minimum atomic E-state index is -0.363. The van der Waals surface area contributed by atoms with Crippen LogP contribution in [0.2, 0.25) is 5.02 Å². The minimum absolute atomic E-state index is 0.136. The number of halogens is 3. The Hall–Kier alpha value is -0.420. The fourth-order valence-corrected chi connectivity index (χ4v) is 3.17. The predicted molar refractivity (Wildman–Crippen MR) is 83.6 cm³/mol. The van der Waals surface area contributed by atoms with E-state index in [4.69, 9.17) is 11.6 Å². The Kier molecular flexibility index (Phi) is 5.39. The third-order valence-electron chi connectivity index (χ3n) is 2.80. The lowest BCUT2D eigenvalue weighted by Crippen LogP contribution is -2.23. The standard InChI is InChI=1S/C14H14BrClFNS/c1-2-7-18-14(11-4-3-8-19-11)9-5-6-10(15)12(16)13(9)17/h3-6,8,14,18H,2,7H2,1H3. The van der Waals surface area contributed by atoms with E-state index in [1.807, 2.05) is 17.5 Å². The van der Waals surface area contributed by atoms with Crippen LogP contribution in [0.3, 0.4) is 0 Å². The van der Waals surface area contributed by atoms with Crippen molar-refractivity contribution in [3.8, 4) is 0 Å². The summed E-state index contributed by atoms with van der Waals surface area (Å²) in [6, 6.07) is 7.39. The molecule has 0 radical (unpaired) electrons. The van der Waals surface area contributed by atoms with Crippen molar-refractivity contribution < 1.29 is 4.39 Å². The molecule has 1 aromatic carbocycles. The number of rotatable bonds is 5. The summed E-state index contributed by atoms with van der Waals surface area (Å²) in [5, 5.41) is 5.50. The van der Waals surface area contributed by atoms with Crippen LogP contribution in [0, 0.1) is 5.82 Å². The van der Waals surface area contributed by atoms with Gasteiger partial charge < -0.3 is 5.32 Å². The molecule has 0 aliphatic rings. The van der Waals surface area contributed by atoms with Gasteiger partial charge in [0.2, 0.25) is 0 Å². The Morgan fingerprint density at radius 1 is 1.42 bits per heavy atom. The van der Waals surface area contributed by atoms with Crippen LogP contribution in [0.4, 0.5) is 4.39 Å². The summed E-state index contributed by atoms with van der Waals surface area (Å²) in [7, 11) is 0. The molecule has 1 unspecified atom stereocenters. The zero-order chi connectivity index (χ0) is 13.8. The fraction of sp³-hybridized carbons (Fsp3) is 0.286. The molecule has 1 nitrogen and oxygen atoms in total. The molecule has 0 saturated heterocycles.